The van der Waals surface area contributed by atoms with Gasteiger partial charge in [-0.1, -0.05) is 12.5 Å². The first-order valence-corrected chi connectivity index (χ1v) is 9.56. The molecule has 6 unspecified atom stereocenters. The maximum absolute atomic E-state index is 11.9. The first-order chi connectivity index (χ1) is 11.4. The van der Waals surface area contributed by atoms with Gasteiger partial charge in [0.25, 0.3) is 0 Å². The van der Waals surface area contributed by atoms with Crippen molar-refractivity contribution in [2.75, 3.05) is 6.61 Å². The molecule has 4 rings (SSSR count). The first-order valence-electron chi connectivity index (χ1n) is 9.56. The lowest BCUT2D eigenvalue weighted by molar-refractivity contribution is -0.131. The van der Waals surface area contributed by atoms with Crippen LogP contribution in [0, 0.1) is 34.5 Å². The molecule has 4 nitrogen and oxygen atoms in total. The number of primary amides is 1. The molecule has 132 valence electrons. The molecule has 24 heavy (non-hydrogen) atoms. The maximum Gasteiger partial charge on any atom is 0.221 e. The lowest BCUT2D eigenvalue weighted by Gasteiger charge is -2.58. The molecule has 0 saturated heterocycles. The number of hydrogen-bond acceptors (Lipinski definition) is 3. The van der Waals surface area contributed by atoms with Gasteiger partial charge in [-0.3, -0.25) is 9.59 Å². The zero-order valence-corrected chi connectivity index (χ0v) is 14.6. The number of ketones is 1. The van der Waals surface area contributed by atoms with Gasteiger partial charge in [0.1, 0.15) is 0 Å². The third-order valence-electron chi connectivity index (χ3n) is 8.31. The number of aliphatic hydroxyl groups is 1. The second-order valence-electron chi connectivity index (χ2n) is 8.94. The van der Waals surface area contributed by atoms with E-state index in [-0.39, 0.29) is 35.0 Å². The predicted octanol–water partition coefficient (Wildman–Crippen LogP) is 2.59. The molecule has 1 amide bonds. The number of carbonyl (C=O) groups excluding carboxylic acids is 2. The third-order valence-corrected chi connectivity index (χ3v) is 8.31. The molecule has 0 aliphatic heterocycles. The summed E-state index contributed by atoms with van der Waals surface area (Å²) < 4.78 is 0. The van der Waals surface area contributed by atoms with Crippen LogP contribution in [0.1, 0.15) is 58.3 Å². The van der Waals surface area contributed by atoms with Gasteiger partial charge < -0.3 is 10.8 Å². The topological polar surface area (TPSA) is 80.4 Å². The van der Waals surface area contributed by atoms with E-state index in [0.717, 1.165) is 44.9 Å². The average Bonchev–Trinajstić information content (AvgIpc) is 2.91. The Kier molecular flexibility index (Phi) is 3.68. The minimum Gasteiger partial charge on any atom is -0.395 e. The van der Waals surface area contributed by atoms with Crippen LogP contribution in [0.3, 0.4) is 0 Å². The van der Waals surface area contributed by atoms with E-state index in [0.29, 0.717) is 24.2 Å². The third kappa shape index (κ3) is 2.01. The largest absolute Gasteiger partial charge is 0.395 e. The fraction of sp³-hybridized carbons (Fsp3) is 0.800. The second kappa shape index (κ2) is 5.42. The van der Waals surface area contributed by atoms with E-state index in [9.17, 15) is 14.7 Å². The van der Waals surface area contributed by atoms with E-state index in [1.165, 1.54) is 5.57 Å². The number of aliphatic hydroxyl groups excluding tert-OH is 1. The summed E-state index contributed by atoms with van der Waals surface area (Å²) in [7, 11) is 0. The van der Waals surface area contributed by atoms with Gasteiger partial charge in [0.15, 0.2) is 5.78 Å². The fourth-order valence-electron chi connectivity index (χ4n) is 7.13. The highest BCUT2D eigenvalue weighted by molar-refractivity contribution is 5.91. The van der Waals surface area contributed by atoms with Crippen LogP contribution < -0.4 is 5.73 Å². The standard InChI is InChI=1S/C20H29NO3/c1-19-8-7-16-14(15(19)4-5-17(19)18(21)24)3-2-12-10-13(23)6-9-20(12,16)11-22/h10,14-17,22H,2-9,11H2,1H3,(H2,21,24). The Morgan fingerprint density at radius 3 is 2.71 bits per heavy atom. The molecule has 3 fully saturated rings. The Balaban J connectivity index is 1.69. The van der Waals surface area contributed by atoms with E-state index in [2.05, 4.69) is 6.92 Å². The Labute approximate surface area is 143 Å². The molecule has 0 heterocycles. The van der Waals surface area contributed by atoms with Crippen molar-refractivity contribution >= 4 is 11.7 Å². The Morgan fingerprint density at radius 2 is 2.00 bits per heavy atom. The molecule has 3 N–H and O–H groups in total. The monoisotopic (exact) mass is 331 g/mol. The molecule has 4 aliphatic carbocycles. The smallest absolute Gasteiger partial charge is 0.221 e. The normalized spacial score (nSPS) is 47.4. The zero-order valence-electron chi connectivity index (χ0n) is 14.6. The van der Waals surface area contributed by atoms with Gasteiger partial charge in [0.05, 0.1) is 6.61 Å². The minimum atomic E-state index is -0.178. The van der Waals surface area contributed by atoms with Crippen molar-refractivity contribution in [2.45, 2.75) is 58.3 Å². The fourth-order valence-corrected chi connectivity index (χ4v) is 7.13. The predicted molar refractivity (Wildman–Crippen MR) is 90.8 cm³/mol. The summed E-state index contributed by atoms with van der Waals surface area (Å²) >= 11 is 0. The van der Waals surface area contributed by atoms with Crippen molar-refractivity contribution in [3.63, 3.8) is 0 Å². The van der Waals surface area contributed by atoms with E-state index in [4.69, 9.17) is 5.73 Å². The number of carbonyl (C=O) groups is 2. The molecular weight excluding hydrogens is 302 g/mol. The molecule has 0 aromatic carbocycles. The summed E-state index contributed by atoms with van der Waals surface area (Å²) in [5.74, 6) is 1.67. The number of fused-ring (bicyclic) bond motifs is 5. The van der Waals surface area contributed by atoms with Crippen molar-refractivity contribution in [3.8, 4) is 0 Å². The molecule has 0 aromatic heterocycles. The summed E-state index contributed by atoms with van der Waals surface area (Å²) in [6.45, 7) is 2.44. The highest BCUT2D eigenvalue weighted by Gasteiger charge is 2.60. The summed E-state index contributed by atoms with van der Waals surface area (Å²) in [5.41, 5.74) is 6.77. The summed E-state index contributed by atoms with van der Waals surface area (Å²) in [6, 6.07) is 0. The molecule has 0 aromatic rings. The van der Waals surface area contributed by atoms with Gasteiger partial charge in [-0.2, -0.15) is 0 Å². The lowest BCUT2D eigenvalue weighted by Crippen LogP contribution is -2.53. The van der Waals surface area contributed by atoms with Crippen molar-refractivity contribution < 1.29 is 14.7 Å². The summed E-state index contributed by atoms with van der Waals surface area (Å²) in [4.78, 5) is 23.8. The Bertz CT molecular complexity index is 612. The average molecular weight is 331 g/mol. The molecule has 4 aliphatic rings. The Hall–Kier alpha value is -1.16. The first kappa shape index (κ1) is 16.3. The number of nitrogens with two attached hydrogens (primary N) is 1. The quantitative estimate of drug-likeness (QED) is 0.816. The van der Waals surface area contributed by atoms with Crippen molar-refractivity contribution in [1.82, 2.24) is 0 Å². The van der Waals surface area contributed by atoms with Crippen molar-refractivity contribution in [3.05, 3.63) is 11.6 Å². The highest BCUT2D eigenvalue weighted by Crippen LogP contribution is 2.66. The molecule has 0 spiro atoms. The van der Waals surface area contributed by atoms with Crippen LogP contribution in [-0.4, -0.2) is 23.4 Å². The van der Waals surface area contributed by atoms with Gasteiger partial charge in [0.2, 0.25) is 5.91 Å². The van der Waals surface area contributed by atoms with Crippen LogP contribution >= 0.6 is 0 Å². The van der Waals surface area contributed by atoms with Gasteiger partial charge >= 0.3 is 0 Å². The van der Waals surface area contributed by atoms with Crippen LogP contribution in [0.5, 0.6) is 0 Å². The van der Waals surface area contributed by atoms with Gasteiger partial charge in [-0.05, 0) is 74.2 Å². The Morgan fingerprint density at radius 1 is 1.21 bits per heavy atom. The van der Waals surface area contributed by atoms with Crippen LogP contribution in [0.15, 0.2) is 11.6 Å². The second-order valence-corrected chi connectivity index (χ2v) is 8.94. The lowest BCUT2D eigenvalue weighted by atomic mass is 9.46. The highest BCUT2D eigenvalue weighted by atomic mass is 16.3. The van der Waals surface area contributed by atoms with Crippen molar-refractivity contribution in [1.29, 1.82) is 0 Å². The van der Waals surface area contributed by atoms with E-state index in [1.807, 2.05) is 6.08 Å². The van der Waals surface area contributed by atoms with E-state index >= 15 is 0 Å². The molecular formula is C20H29NO3. The van der Waals surface area contributed by atoms with Gasteiger partial charge in [-0.15, -0.1) is 0 Å². The van der Waals surface area contributed by atoms with Gasteiger partial charge in [-0.25, -0.2) is 0 Å². The van der Waals surface area contributed by atoms with E-state index < -0.39 is 0 Å². The van der Waals surface area contributed by atoms with Crippen LogP contribution in [-0.2, 0) is 9.59 Å². The van der Waals surface area contributed by atoms with Crippen LogP contribution in [0.2, 0.25) is 0 Å². The number of hydrogen-bond donors (Lipinski definition) is 2. The molecule has 0 bridgehead atoms. The minimum absolute atomic E-state index is 0.0124. The molecule has 6 atom stereocenters. The van der Waals surface area contributed by atoms with Crippen molar-refractivity contribution in [2.24, 2.45) is 40.2 Å². The number of rotatable bonds is 2. The van der Waals surface area contributed by atoms with E-state index in [1.54, 1.807) is 0 Å². The van der Waals surface area contributed by atoms with Crippen LogP contribution in [0.25, 0.3) is 0 Å². The molecule has 4 heteroatoms. The molecule has 3 saturated carbocycles. The zero-order chi connectivity index (χ0) is 17.1. The molecule has 0 radical (unpaired) electrons. The summed E-state index contributed by atoms with van der Waals surface area (Å²) in [6.07, 6.45) is 9.32. The maximum atomic E-state index is 11.9. The summed E-state index contributed by atoms with van der Waals surface area (Å²) in [5, 5.41) is 10.3. The SMILES string of the molecule is CC12CCC3C(CCC4=CC(=O)CCC43CO)C1CCC2C(N)=O. The van der Waals surface area contributed by atoms with Crippen LogP contribution in [0.4, 0.5) is 0 Å². The van der Waals surface area contributed by atoms with Gasteiger partial charge in [0, 0.05) is 17.8 Å². The number of amides is 1.